The molecular formula is C32H46N6O8. The number of carbonyl (C=O) groups excluding carboxylic acids is 4. The van der Waals surface area contributed by atoms with Crippen molar-refractivity contribution < 1.29 is 38.1 Å². The molecule has 2 fully saturated rings. The van der Waals surface area contributed by atoms with Crippen molar-refractivity contribution in [3.8, 4) is 0 Å². The number of esters is 4. The molecule has 2 aromatic rings. The van der Waals surface area contributed by atoms with Crippen LogP contribution < -0.4 is 0 Å². The molecule has 14 nitrogen and oxygen atoms in total. The Hall–Kier alpha value is -3.78. The summed E-state index contributed by atoms with van der Waals surface area (Å²) in [6, 6.07) is 0. The minimum atomic E-state index is -0.395. The predicted molar refractivity (Wildman–Crippen MR) is 164 cm³/mol. The maximum atomic E-state index is 11.7. The van der Waals surface area contributed by atoms with Gasteiger partial charge < -0.3 is 28.1 Å². The first-order valence-electron chi connectivity index (χ1n) is 15.9. The average Bonchev–Trinajstić information content (AvgIpc) is 3.54. The van der Waals surface area contributed by atoms with Gasteiger partial charge in [0.05, 0.1) is 63.1 Å². The summed E-state index contributed by atoms with van der Waals surface area (Å²) in [6.45, 7) is 5.40. The summed E-state index contributed by atoms with van der Waals surface area (Å²) in [7, 11) is 9.36. The lowest BCUT2D eigenvalue weighted by atomic mass is 9.74. The first-order valence-corrected chi connectivity index (χ1v) is 15.9. The number of ether oxygens (including phenoxy) is 4. The Morgan fingerprint density at radius 3 is 1.33 bits per heavy atom. The van der Waals surface area contributed by atoms with Crippen LogP contribution in [0.5, 0.6) is 0 Å². The zero-order valence-corrected chi connectivity index (χ0v) is 27.7. The molecule has 2 aromatic heterocycles. The van der Waals surface area contributed by atoms with Gasteiger partial charge in [0.2, 0.25) is 11.6 Å². The zero-order chi connectivity index (χ0) is 33.1. The Morgan fingerprint density at radius 1 is 0.630 bits per heavy atom. The molecule has 0 atom stereocenters. The van der Waals surface area contributed by atoms with Crippen LogP contribution in [0.15, 0.2) is 0 Å². The molecule has 4 aliphatic rings. The van der Waals surface area contributed by atoms with E-state index < -0.39 is 11.9 Å². The maximum absolute atomic E-state index is 11.7. The summed E-state index contributed by atoms with van der Waals surface area (Å²) < 4.78 is 22.8. The van der Waals surface area contributed by atoms with Crippen LogP contribution in [0.3, 0.4) is 0 Å². The van der Waals surface area contributed by atoms with Crippen molar-refractivity contribution >= 4 is 23.9 Å². The van der Waals surface area contributed by atoms with Gasteiger partial charge in [0, 0.05) is 66.2 Å². The molecule has 252 valence electrons. The number of imidazole rings is 2. The minimum Gasteiger partial charge on any atom is -0.469 e. The monoisotopic (exact) mass is 642 g/mol. The second-order valence-corrected chi connectivity index (χ2v) is 12.8. The molecule has 0 amide bonds. The van der Waals surface area contributed by atoms with E-state index in [1.807, 2.05) is 23.2 Å². The molecule has 0 aromatic carbocycles. The van der Waals surface area contributed by atoms with Gasteiger partial charge in [-0.15, -0.1) is 0 Å². The van der Waals surface area contributed by atoms with E-state index in [1.165, 1.54) is 28.4 Å². The fraction of sp³-hybridized carbons (Fsp3) is 0.688. The van der Waals surface area contributed by atoms with E-state index in [2.05, 4.69) is 19.8 Å². The topological polar surface area (TPSA) is 147 Å². The molecule has 6 rings (SSSR count). The second-order valence-electron chi connectivity index (χ2n) is 12.8. The van der Waals surface area contributed by atoms with Crippen LogP contribution in [0.2, 0.25) is 0 Å². The Labute approximate surface area is 269 Å². The normalized spacial score (nSPS) is 23.8. The summed E-state index contributed by atoms with van der Waals surface area (Å²) in [5.74, 6) is 1.03. The number of hydrogen-bond acceptors (Lipinski definition) is 12. The summed E-state index contributed by atoms with van der Waals surface area (Å²) >= 11 is 0. The Morgan fingerprint density at radius 2 is 1.00 bits per heavy atom. The summed E-state index contributed by atoms with van der Waals surface area (Å²) in [6.07, 6.45) is 5.33. The molecule has 2 saturated carbocycles. The van der Waals surface area contributed by atoms with Crippen molar-refractivity contribution in [3.63, 3.8) is 0 Å². The van der Waals surface area contributed by atoms with Crippen molar-refractivity contribution in [1.82, 2.24) is 28.9 Å². The average molecular weight is 643 g/mol. The number of carbonyl (C=O) groups is 4. The largest absolute Gasteiger partial charge is 0.469 e. The van der Waals surface area contributed by atoms with Crippen molar-refractivity contribution in [2.24, 2.45) is 37.8 Å². The van der Waals surface area contributed by atoms with Gasteiger partial charge in [0.25, 0.3) is 0 Å². The van der Waals surface area contributed by atoms with Crippen LogP contribution in [-0.2, 0) is 68.6 Å². The van der Waals surface area contributed by atoms with E-state index >= 15 is 0 Å². The first-order chi connectivity index (χ1) is 22.1. The van der Waals surface area contributed by atoms with Crippen molar-refractivity contribution in [2.45, 2.75) is 51.6 Å². The van der Waals surface area contributed by atoms with Crippen LogP contribution >= 0.6 is 0 Å². The quantitative estimate of drug-likeness (QED) is 0.304. The van der Waals surface area contributed by atoms with Gasteiger partial charge in [-0.3, -0.25) is 19.4 Å². The van der Waals surface area contributed by atoms with Crippen LogP contribution in [0, 0.1) is 23.7 Å². The van der Waals surface area contributed by atoms with E-state index in [4.69, 9.17) is 18.9 Å². The molecule has 0 unspecified atom stereocenters. The Kier molecular flexibility index (Phi) is 10.5. The fourth-order valence-electron chi connectivity index (χ4n) is 7.16. The molecule has 14 heteroatoms. The number of hydrogen-bond donors (Lipinski definition) is 0. The van der Waals surface area contributed by atoms with Gasteiger partial charge >= 0.3 is 23.9 Å². The third kappa shape index (κ3) is 6.97. The van der Waals surface area contributed by atoms with Gasteiger partial charge in [0.15, 0.2) is 0 Å². The van der Waals surface area contributed by atoms with E-state index in [0.717, 1.165) is 101 Å². The lowest BCUT2D eigenvalue weighted by Gasteiger charge is -2.38. The first kappa shape index (κ1) is 33.6. The van der Waals surface area contributed by atoms with Crippen molar-refractivity contribution in [3.05, 3.63) is 34.4 Å². The Bertz CT molecular complexity index is 1350. The smallest absolute Gasteiger partial charge is 0.374 e. The highest BCUT2D eigenvalue weighted by molar-refractivity contribution is 5.86. The van der Waals surface area contributed by atoms with Crippen LogP contribution in [0.25, 0.3) is 0 Å². The number of rotatable bonds is 8. The predicted octanol–water partition coefficient (Wildman–Crippen LogP) is 1.53. The molecule has 46 heavy (non-hydrogen) atoms. The standard InChI is InChI=1S/2C16H23N3O4/c2*1-18-13-9-19(8-10-6-11(7-10)15(20)22-2)5-4-12(13)17-14(18)16(21)23-3/h2*10-11H,4-9H2,1-3H3. The molecule has 0 spiro atoms. The summed E-state index contributed by atoms with van der Waals surface area (Å²) in [5.41, 5.74) is 4.15. The highest BCUT2D eigenvalue weighted by Crippen LogP contribution is 2.37. The molecule has 4 heterocycles. The highest BCUT2D eigenvalue weighted by atomic mass is 16.5. The van der Waals surface area contributed by atoms with Gasteiger partial charge in [-0.05, 0) is 37.5 Å². The van der Waals surface area contributed by atoms with Crippen molar-refractivity contribution in [2.75, 3.05) is 54.6 Å². The van der Waals surface area contributed by atoms with Gasteiger partial charge in [0.1, 0.15) is 0 Å². The number of methoxy groups -OCH3 is 4. The molecule has 0 saturated heterocycles. The van der Waals surface area contributed by atoms with Gasteiger partial charge in [-0.1, -0.05) is 0 Å². The number of nitrogens with zero attached hydrogens (tertiary/aromatic N) is 6. The zero-order valence-electron chi connectivity index (χ0n) is 27.7. The van der Waals surface area contributed by atoms with E-state index in [-0.39, 0.29) is 23.8 Å². The molecule has 2 aliphatic heterocycles. The van der Waals surface area contributed by atoms with Gasteiger partial charge in [-0.2, -0.15) is 0 Å². The van der Waals surface area contributed by atoms with Crippen LogP contribution in [0.1, 0.15) is 69.7 Å². The van der Waals surface area contributed by atoms with Crippen LogP contribution in [0.4, 0.5) is 0 Å². The van der Waals surface area contributed by atoms with E-state index in [0.29, 0.717) is 23.5 Å². The fourth-order valence-corrected chi connectivity index (χ4v) is 7.16. The lowest BCUT2D eigenvalue weighted by Crippen LogP contribution is -2.41. The molecule has 2 aliphatic carbocycles. The molecule has 0 N–H and O–H groups in total. The van der Waals surface area contributed by atoms with E-state index in [1.54, 1.807) is 0 Å². The van der Waals surface area contributed by atoms with Gasteiger partial charge in [-0.25, -0.2) is 19.6 Å². The number of aromatic nitrogens is 4. The third-order valence-corrected chi connectivity index (χ3v) is 9.98. The third-order valence-electron chi connectivity index (χ3n) is 9.98. The Balaban J connectivity index is 0.000000181. The minimum absolute atomic E-state index is 0.0768. The summed E-state index contributed by atoms with van der Waals surface area (Å²) in [5, 5.41) is 0. The molecular weight excluding hydrogens is 596 g/mol. The second kappa shape index (κ2) is 14.3. The lowest BCUT2D eigenvalue weighted by molar-refractivity contribution is -0.151. The van der Waals surface area contributed by atoms with Crippen LogP contribution in [-0.4, -0.2) is 107 Å². The SMILES string of the molecule is COC(=O)c1nc2c(n1C)CN(CC1CC(C(=O)OC)C1)CC2.COC(=O)c1nc2c(n1C)CN(CC1CC(C(=O)OC)C1)CC2. The number of fused-ring (bicyclic) bond motifs is 2. The molecule has 0 bridgehead atoms. The van der Waals surface area contributed by atoms with E-state index in [9.17, 15) is 19.2 Å². The summed E-state index contributed by atoms with van der Waals surface area (Å²) in [4.78, 5) is 59.9. The molecule has 0 radical (unpaired) electrons. The van der Waals surface area contributed by atoms with Crippen molar-refractivity contribution in [1.29, 1.82) is 0 Å². The highest BCUT2D eigenvalue weighted by Gasteiger charge is 2.38. The maximum Gasteiger partial charge on any atom is 0.374 e.